The minimum atomic E-state index is -2.04. The zero-order valence-electron chi connectivity index (χ0n) is 6.61. The second-order valence-corrected chi connectivity index (χ2v) is 2.99. The number of hydrogen-bond donors (Lipinski definition) is 0. The van der Waals surface area contributed by atoms with E-state index >= 15 is 0 Å². The molecule has 0 saturated carbocycles. The average molecular weight is 204 g/mol. The summed E-state index contributed by atoms with van der Waals surface area (Å²) in [5.41, 5.74) is 0.564. The van der Waals surface area contributed by atoms with Crippen LogP contribution in [0.1, 0.15) is 5.56 Å². The molecule has 0 spiro atoms. The molecule has 0 unspecified atom stereocenters. The number of nitro groups is 1. The maximum absolute atomic E-state index is 12.6. The van der Waals surface area contributed by atoms with Crippen LogP contribution >= 0.6 is 11.6 Å². The van der Waals surface area contributed by atoms with Gasteiger partial charge in [-0.15, -0.1) is 0 Å². The van der Waals surface area contributed by atoms with Crippen LogP contribution in [0.25, 0.3) is 0 Å². The minimum Gasteiger partial charge on any atom is -0.262 e. The van der Waals surface area contributed by atoms with Crippen molar-refractivity contribution >= 4 is 11.6 Å². The average Bonchev–Trinajstić information content (AvgIpc) is 2.08. The molecule has 13 heavy (non-hydrogen) atoms. The first-order chi connectivity index (χ1) is 6.09. The van der Waals surface area contributed by atoms with Crippen LogP contribution in [0.4, 0.5) is 4.39 Å². The summed E-state index contributed by atoms with van der Waals surface area (Å²) in [6.07, 6.45) is -2.26. The molecule has 0 aliphatic heterocycles. The highest BCUT2D eigenvalue weighted by atomic mass is 35.5. The van der Waals surface area contributed by atoms with Crippen molar-refractivity contribution < 1.29 is 9.31 Å². The minimum absolute atomic E-state index is 0.218. The van der Waals surface area contributed by atoms with Crippen LogP contribution in [0.5, 0.6) is 0 Å². The molecule has 0 saturated heterocycles. The Labute approximate surface area is 79.3 Å². The van der Waals surface area contributed by atoms with Gasteiger partial charge in [-0.2, -0.15) is 4.39 Å². The summed E-state index contributed by atoms with van der Waals surface area (Å²) in [5, 5.41) is 10.5. The molecule has 1 rings (SSSR count). The highest BCUT2D eigenvalue weighted by Crippen LogP contribution is 2.12. The van der Waals surface area contributed by atoms with E-state index in [1.54, 1.807) is 24.3 Å². The molecule has 0 heterocycles. The summed E-state index contributed by atoms with van der Waals surface area (Å²) < 4.78 is 12.6. The predicted octanol–water partition coefficient (Wildman–Crippen LogP) is 2.45. The molecule has 70 valence electrons. The van der Waals surface area contributed by atoms with Gasteiger partial charge in [-0.3, -0.25) is 10.1 Å². The van der Waals surface area contributed by atoms with Crippen molar-refractivity contribution in [2.75, 3.05) is 0 Å². The Morgan fingerprint density at radius 2 is 2.00 bits per heavy atom. The molecule has 3 nitrogen and oxygen atoms in total. The van der Waals surface area contributed by atoms with Gasteiger partial charge in [0.15, 0.2) is 0 Å². The first kappa shape index (κ1) is 9.92. The maximum atomic E-state index is 12.6. The number of hydrogen-bond acceptors (Lipinski definition) is 2. The maximum Gasteiger partial charge on any atom is 0.353 e. The van der Waals surface area contributed by atoms with Crippen LogP contribution < -0.4 is 0 Å². The SMILES string of the molecule is O=[N+]([O-])[C@H](F)Cc1ccc(Cl)cc1. The van der Waals surface area contributed by atoms with Crippen molar-refractivity contribution in [3.8, 4) is 0 Å². The summed E-state index contributed by atoms with van der Waals surface area (Å²) in [6, 6.07) is 6.28. The monoisotopic (exact) mass is 203 g/mol. The van der Waals surface area contributed by atoms with Gasteiger partial charge in [-0.05, 0) is 17.7 Å². The first-order valence-corrected chi connectivity index (χ1v) is 3.99. The Morgan fingerprint density at radius 1 is 1.46 bits per heavy atom. The summed E-state index contributed by atoms with van der Waals surface area (Å²) in [4.78, 5) is 9.03. The zero-order valence-corrected chi connectivity index (χ0v) is 7.37. The van der Waals surface area contributed by atoms with Crippen molar-refractivity contribution in [3.63, 3.8) is 0 Å². The summed E-state index contributed by atoms with van der Waals surface area (Å²) >= 11 is 5.58. The van der Waals surface area contributed by atoms with Gasteiger partial charge in [0.05, 0.1) is 11.3 Å². The number of halogens is 2. The van der Waals surface area contributed by atoms with Crippen LogP contribution in [0.15, 0.2) is 24.3 Å². The molecule has 0 aliphatic carbocycles. The lowest BCUT2D eigenvalue weighted by Crippen LogP contribution is -2.15. The Bertz CT molecular complexity index is 302. The third-order valence-electron chi connectivity index (χ3n) is 1.55. The standard InChI is InChI=1S/C8H7ClFNO2/c9-7-3-1-6(2-4-7)5-8(10)11(12)13/h1-4,8H,5H2/t8-/m0/s1. The van der Waals surface area contributed by atoms with Gasteiger partial charge in [0.2, 0.25) is 0 Å². The van der Waals surface area contributed by atoms with Gasteiger partial charge in [0.25, 0.3) is 0 Å². The van der Waals surface area contributed by atoms with Gasteiger partial charge < -0.3 is 0 Å². The van der Waals surface area contributed by atoms with Crippen molar-refractivity contribution in [2.24, 2.45) is 0 Å². The fraction of sp³-hybridized carbons (Fsp3) is 0.250. The van der Waals surface area contributed by atoms with Gasteiger partial charge in [0.1, 0.15) is 0 Å². The molecular formula is C8H7ClFNO2. The molecule has 5 heteroatoms. The number of benzene rings is 1. The molecule has 1 aromatic carbocycles. The third kappa shape index (κ3) is 2.99. The lowest BCUT2D eigenvalue weighted by molar-refractivity contribution is -0.552. The number of nitrogens with zero attached hydrogens (tertiary/aromatic N) is 1. The Hall–Kier alpha value is -1.16. The lowest BCUT2D eigenvalue weighted by Gasteiger charge is -2.00. The molecule has 0 aliphatic rings. The van der Waals surface area contributed by atoms with Gasteiger partial charge in [0, 0.05) is 5.02 Å². The van der Waals surface area contributed by atoms with Crippen molar-refractivity contribution in [3.05, 3.63) is 45.0 Å². The number of rotatable bonds is 3. The van der Waals surface area contributed by atoms with Gasteiger partial charge in [-0.1, -0.05) is 23.7 Å². The molecular weight excluding hydrogens is 197 g/mol. The van der Waals surface area contributed by atoms with Crippen LogP contribution in [-0.4, -0.2) is 11.2 Å². The second-order valence-electron chi connectivity index (χ2n) is 2.55. The van der Waals surface area contributed by atoms with E-state index in [0.717, 1.165) is 0 Å². The van der Waals surface area contributed by atoms with E-state index in [1.165, 1.54) is 0 Å². The van der Waals surface area contributed by atoms with Crippen LogP contribution in [0, 0.1) is 10.1 Å². The Balaban J connectivity index is 2.64. The fourth-order valence-electron chi connectivity index (χ4n) is 0.890. The van der Waals surface area contributed by atoms with Gasteiger partial charge in [-0.25, -0.2) is 0 Å². The molecule has 0 fully saturated rings. The summed E-state index contributed by atoms with van der Waals surface area (Å²) in [7, 11) is 0. The lowest BCUT2D eigenvalue weighted by atomic mass is 10.1. The quantitative estimate of drug-likeness (QED) is 0.430. The first-order valence-electron chi connectivity index (χ1n) is 3.61. The molecule has 1 aromatic rings. The fourth-order valence-corrected chi connectivity index (χ4v) is 1.02. The topological polar surface area (TPSA) is 43.1 Å². The largest absolute Gasteiger partial charge is 0.353 e. The van der Waals surface area contributed by atoms with Crippen molar-refractivity contribution in [1.29, 1.82) is 0 Å². The molecule has 0 bridgehead atoms. The predicted molar refractivity (Wildman–Crippen MR) is 47.0 cm³/mol. The Kier molecular flexibility index (Phi) is 3.19. The van der Waals surface area contributed by atoms with Crippen molar-refractivity contribution in [1.82, 2.24) is 0 Å². The van der Waals surface area contributed by atoms with E-state index in [9.17, 15) is 14.5 Å². The van der Waals surface area contributed by atoms with E-state index in [-0.39, 0.29) is 6.42 Å². The van der Waals surface area contributed by atoms with E-state index in [4.69, 9.17) is 11.6 Å². The van der Waals surface area contributed by atoms with Crippen LogP contribution in [0.3, 0.4) is 0 Å². The van der Waals surface area contributed by atoms with E-state index in [1.807, 2.05) is 0 Å². The van der Waals surface area contributed by atoms with Crippen LogP contribution in [-0.2, 0) is 6.42 Å². The van der Waals surface area contributed by atoms with E-state index in [2.05, 4.69) is 0 Å². The van der Waals surface area contributed by atoms with Crippen molar-refractivity contribution in [2.45, 2.75) is 12.7 Å². The number of alkyl halides is 1. The normalized spacial score (nSPS) is 12.5. The Morgan fingerprint density at radius 3 is 2.46 bits per heavy atom. The second kappa shape index (κ2) is 4.18. The highest BCUT2D eigenvalue weighted by Gasteiger charge is 2.17. The van der Waals surface area contributed by atoms with E-state index in [0.29, 0.717) is 10.6 Å². The smallest absolute Gasteiger partial charge is 0.262 e. The van der Waals surface area contributed by atoms with Gasteiger partial charge >= 0.3 is 6.30 Å². The summed E-state index contributed by atoms with van der Waals surface area (Å²) in [6.45, 7) is 0. The molecule has 0 aromatic heterocycles. The molecule has 0 N–H and O–H groups in total. The van der Waals surface area contributed by atoms with Crippen LogP contribution in [0.2, 0.25) is 5.02 Å². The molecule has 0 amide bonds. The summed E-state index contributed by atoms with van der Waals surface area (Å²) in [5.74, 6) is 0. The molecule has 1 atom stereocenters. The third-order valence-corrected chi connectivity index (χ3v) is 1.80. The highest BCUT2D eigenvalue weighted by molar-refractivity contribution is 6.30. The van der Waals surface area contributed by atoms with E-state index < -0.39 is 11.2 Å². The molecule has 0 radical (unpaired) electrons. The zero-order chi connectivity index (χ0) is 9.84.